The highest BCUT2D eigenvalue weighted by Gasteiger charge is 2.09. The number of hydrogen-bond donors (Lipinski definition) is 1. The van der Waals surface area contributed by atoms with Crippen molar-refractivity contribution in [3.63, 3.8) is 0 Å². The molecule has 7 heteroatoms. The van der Waals surface area contributed by atoms with Gasteiger partial charge in [-0.2, -0.15) is 5.10 Å². The molecule has 0 saturated carbocycles. The molecule has 0 aliphatic heterocycles. The van der Waals surface area contributed by atoms with Crippen molar-refractivity contribution in [3.05, 3.63) is 78.5 Å². The molecule has 0 aliphatic rings. The van der Waals surface area contributed by atoms with Crippen molar-refractivity contribution in [1.82, 2.24) is 29.9 Å². The summed E-state index contributed by atoms with van der Waals surface area (Å²) in [6.45, 7) is 0.400. The summed E-state index contributed by atoms with van der Waals surface area (Å²) in [6.07, 6.45) is 8.28. The van der Waals surface area contributed by atoms with Gasteiger partial charge in [0.1, 0.15) is 5.69 Å². The van der Waals surface area contributed by atoms with Gasteiger partial charge < -0.3 is 5.32 Å². The Morgan fingerprint density at radius 1 is 1.00 bits per heavy atom. The van der Waals surface area contributed by atoms with Crippen molar-refractivity contribution in [2.45, 2.75) is 6.54 Å². The van der Waals surface area contributed by atoms with Crippen LogP contribution >= 0.6 is 0 Å². The molecule has 0 atom stereocenters. The van der Waals surface area contributed by atoms with E-state index in [-0.39, 0.29) is 5.91 Å². The molecule has 0 bridgehead atoms. The number of fused-ring (bicyclic) bond motifs is 1. The van der Waals surface area contributed by atoms with Crippen LogP contribution < -0.4 is 5.32 Å². The average Bonchev–Trinajstić information content (AvgIpc) is 3.16. The van der Waals surface area contributed by atoms with Crippen molar-refractivity contribution in [2.24, 2.45) is 0 Å². The number of rotatable bonds is 4. The first-order valence-corrected chi connectivity index (χ1v) is 7.74. The Balaban J connectivity index is 1.47. The molecule has 4 heterocycles. The third kappa shape index (κ3) is 3.07. The predicted molar refractivity (Wildman–Crippen MR) is 91.6 cm³/mol. The molecule has 0 radical (unpaired) electrons. The second-order valence-corrected chi connectivity index (χ2v) is 5.39. The van der Waals surface area contributed by atoms with Gasteiger partial charge in [-0.15, -0.1) is 0 Å². The number of amides is 1. The van der Waals surface area contributed by atoms with Crippen LogP contribution in [0.5, 0.6) is 0 Å². The quantitative estimate of drug-likeness (QED) is 0.619. The molecule has 1 N–H and O–H groups in total. The molecule has 0 aromatic carbocycles. The first-order valence-electron chi connectivity index (χ1n) is 7.74. The first kappa shape index (κ1) is 14.9. The van der Waals surface area contributed by atoms with Gasteiger partial charge in [0, 0.05) is 37.5 Å². The lowest BCUT2D eigenvalue weighted by Gasteiger charge is -2.07. The standard InChI is InChI=1S/C18H14N6O/c25-18(22-10-13-4-3-9-24-16(13)6-8-23-24)14-11-20-17(21-12-14)15-5-1-2-7-19-15/h1-9,11-12H,10H2,(H,22,25). The Kier molecular flexibility index (Phi) is 3.88. The summed E-state index contributed by atoms with van der Waals surface area (Å²) in [5.41, 5.74) is 3.02. The Labute approximate surface area is 143 Å². The number of nitrogens with one attached hydrogen (secondary N) is 1. The Morgan fingerprint density at radius 2 is 1.88 bits per heavy atom. The smallest absolute Gasteiger partial charge is 0.254 e. The van der Waals surface area contributed by atoms with Gasteiger partial charge in [-0.3, -0.25) is 9.78 Å². The summed E-state index contributed by atoms with van der Waals surface area (Å²) in [4.78, 5) is 24.9. The second-order valence-electron chi connectivity index (χ2n) is 5.39. The lowest BCUT2D eigenvalue weighted by molar-refractivity contribution is 0.0950. The van der Waals surface area contributed by atoms with Gasteiger partial charge in [-0.1, -0.05) is 12.1 Å². The van der Waals surface area contributed by atoms with Gasteiger partial charge >= 0.3 is 0 Å². The largest absolute Gasteiger partial charge is 0.348 e. The second kappa shape index (κ2) is 6.48. The summed E-state index contributed by atoms with van der Waals surface area (Å²) in [5.74, 6) is 0.260. The summed E-state index contributed by atoms with van der Waals surface area (Å²) in [7, 11) is 0. The van der Waals surface area contributed by atoms with E-state index in [0.29, 0.717) is 23.6 Å². The van der Waals surface area contributed by atoms with Crippen molar-refractivity contribution >= 4 is 11.4 Å². The third-order valence-electron chi connectivity index (χ3n) is 3.77. The minimum absolute atomic E-state index is 0.228. The molecule has 0 aliphatic carbocycles. The maximum absolute atomic E-state index is 12.3. The minimum Gasteiger partial charge on any atom is -0.348 e. The zero-order chi connectivity index (χ0) is 17.1. The molecule has 7 nitrogen and oxygen atoms in total. The number of nitrogens with zero attached hydrogens (tertiary/aromatic N) is 5. The summed E-state index contributed by atoms with van der Waals surface area (Å²) >= 11 is 0. The number of aromatic nitrogens is 5. The highest BCUT2D eigenvalue weighted by molar-refractivity contribution is 5.93. The van der Waals surface area contributed by atoms with Crippen LogP contribution in [0.2, 0.25) is 0 Å². The fraction of sp³-hybridized carbons (Fsp3) is 0.0556. The van der Waals surface area contributed by atoms with Crippen LogP contribution in [0, 0.1) is 0 Å². The van der Waals surface area contributed by atoms with Crippen LogP contribution in [0.1, 0.15) is 15.9 Å². The highest BCUT2D eigenvalue weighted by Crippen LogP contribution is 2.11. The number of carbonyl (C=O) groups excluding carboxylic acids is 1. The van der Waals surface area contributed by atoms with Crippen molar-refractivity contribution < 1.29 is 4.79 Å². The summed E-state index contributed by atoms with van der Waals surface area (Å²) in [6, 6.07) is 11.3. The van der Waals surface area contributed by atoms with Gasteiger partial charge in [-0.25, -0.2) is 14.5 Å². The van der Waals surface area contributed by atoms with Crippen LogP contribution in [0.4, 0.5) is 0 Å². The first-order chi connectivity index (χ1) is 12.3. The topological polar surface area (TPSA) is 85.1 Å². The molecule has 0 unspecified atom stereocenters. The minimum atomic E-state index is -0.228. The maximum Gasteiger partial charge on any atom is 0.254 e. The molecule has 4 aromatic rings. The van der Waals surface area contributed by atoms with E-state index >= 15 is 0 Å². The molecular weight excluding hydrogens is 316 g/mol. The predicted octanol–water partition coefficient (Wildman–Crippen LogP) is 2.12. The molecule has 4 aromatic heterocycles. The third-order valence-corrected chi connectivity index (χ3v) is 3.77. The van der Waals surface area contributed by atoms with Gasteiger partial charge in [0.05, 0.1) is 11.1 Å². The number of hydrogen-bond acceptors (Lipinski definition) is 5. The molecular formula is C18H14N6O. The lowest BCUT2D eigenvalue weighted by Crippen LogP contribution is -2.23. The van der Waals surface area contributed by atoms with E-state index < -0.39 is 0 Å². The van der Waals surface area contributed by atoms with Gasteiger partial charge in [0.15, 0.2) is 5.82 Å². The maximum atomic E-state index is 12.3. The lowest BCUT2D eigenvalue weighted by atomic mass is 10.2. The van der Waals surface area contributed by atoms with Gasteiger partial charge in [0.25, 0.3) is 5.91 Å². The fourth-order valence-corrected chi connectivity index (χ4v) is 2.51. The van der Waals surface area contributed by atoms with Crippen molar-refractivity contribution in [1.29, 1.82) is 0 Å². The van der Waals surface area contributed by atoms with Crippen molar-refractivity contribution in [2.75, 3.05) is 0 Å². The highest BCUT2D eigenvalue weighted by atomic mass is 16.1. The van der Waals surface area contributed by atoms with E-state index in [9.17, 15) is 4.79 Å². The van der Waals surface area contributed by atoms with Crippen LogP contribution in [0.15, 0.2) is 67.4 Å². The monoisotopic (exact) mass is 330 g/mol. The number of carbonyl (C=O) groups is 1. The van der Waals surface area contributed by atoms with E-state index in [4.69, 9.17) is 0 Å². The van der Waals surface area contributed by atoms with Crippen LogP contribution in [-0.2, 0) is 6.54 Å². The Bertz CT molecular complexity index is 1010. The van der Waals surface area contributed by atoms with E-state index in [1.165, 1.54) is 12.4 Å². The molecule has 1 amide bonds. The molecule has 0 fully saturated rings. The Hall–Kier alpha value is -3.61. The van der Waals surface area contributed by atoms with Crippen LogP contribution in [0.25, 0.3) is 17.0 Å². The van der Waals surface area contributed by atoms with E-state index in [0.717, 1.165) is 11.1 Å². The van der Waals surface area contributed by atoms with E-state index in [1.54, 1.807) is 16.9 Å². The number of pyridine rings is 2. The summed E-state index contributed by atoms with van der Waals surface area (Å²) < 4.78 is 1.77. The fourth-order valence-electron chi connectivity index (χ4n) is 2.51. The van der Waals surface area contributed by atoms with Gasteiger partial charge in [0.2, 0.25) is 0 Å². The zero-order valence-corrected chi connectivity index (χ0v) is 13.2. The molecule has 122 valence electrons. The van der Waals surface area contributed by atoms with E-state index in [1.807, 2.05) is 42.6 Å². The SMILES string of the molecule is O=C(NCc1cccn2nccc12)c1cnc(-c2ccccn2)nc1. The molecule has 4 rings (SSSR count). The molecule has 0 spiro atoms. The summed E-state index contributed by atoms with van der Waals surface area (Å²) in [5, 5.41) is 7.06. The van der Waals surface area contributed by atoms with Crippen molar-refractivity contribution in [3.8, 4) is 11.5 Å². The van der Waals surface area contributed by atoms with Crippen LogP contribution in [0.3, 0.4) is 0 Å². The molecule has 0 saturated heterocycles. The zero-order valence-electron chi connectivity index (χ0n) is 13.2. The molecule has 25 heavy (non-hydrogen) atoms. The average molecular weight is 330 g/mol. The van der Waals surface area contributed by atoms with Gasteiger partial charge in [-0.05, 0) is 29.8 Å². The normalized spacial score (nSPS) is 10.7. The van der Waals surface area contributed by atoms with Crippen LogP contribution in [-0.4, -0.2) is 30.5 Å². The Morgan fingerprint density at radius 3 is 2.68 bits per heavy atom. The van der Waals surface area contributed by atoms with E-state index in [2.05, 4.69) is 25.4 Å².